The monoisotopic (exact) mass is 161 g/mol. The average molecular weight is 161 g/mol. The maximum Gasteiger partial charge on any atom is 0.0906 e. The Morgan fingerprint density at radius 3 is 2.55 bits per heavy atom. The molecule has 11 heavy (non-hydrogen) atoms. The molecule has 1 N–H and O–H groups in total. The Kier molecular flexibility index (Phi) is 3.80. The molecule has 0 radical (unpaired) electrons. The summed E-state index contributed by atoms with van der Waals surface area (Å²) in [7, 11) is 0. The molecule has 2 nitrogen and oxygen atoms in total. The average Bonchev–Trinajstić information content (AvgIpc) is 2.04. The number of alkyl halides is 1. The highest BCUT2D eigenvalue weighted by atomic mass is 19.1. The van der Waals surface area contributed by atoms with Crippen molar-refractivity contribution in [2.45, 2.75) is 25.4 Å². The van der Waals surface area contributed by atoms with Gasteiger partial charge in [0.1, 0.15) is 0 Å². The van der Waals surface area contributed by atoms with Gasteiger partial charge in [0.05, 0.1) is 12.8 Å². The van der Waals surface area contributed by atoms with Crippen LogP contribution in [0.1, 0.15) is 19.3 Å². The van der Waals surface area contributed by atoms with E-state index in [-0.39, 0.29) is 12.8 Å². The highest BCUT2D eigenvalue weighted by Gasteiger charge is 2.15. The summed E-state index contributed by atoms with van der Waals surface area (Å²) in [5.41, 5.74) is 0. The number of rotatable bonds is 3. The van der Waals surface area contributed by atoms with Gasteiger partial charge in [-0.05, 0) is 19.3 Å². The van der Waals surface area contributed by atoms with Gasteiger partial charge in [-0.2, -0.15) is 0 Å². The maximum atomic E-state index is 11.7. The van der Waals surface area contributed by atoms with Crippen LogP contribution in [0.25, 0.3) is 0 Å². The second kappa shape index (κ2) is 4.67. The third kappa shape index (κ3) is 3.16. The van der Waals surface area contributed by atoms with E-state index in [2.05, 4.69) is 4.90 Å². The molecule has 0 unspecified atom stereocenters. The van der Waals surface area contributed by atoms with E-state index >= 15 is 0 Å². The molecule has 0 bridgehead atoms. The second-order valence-electron chi connectivity index (χ2n) is 3.12. The van der Waals surface area contributed by atoms with Crippen molar-refractivity contribution in [3.8, 4) is 0 Å². The smallest absolute Gasteiger partial charge is 0.0906 e. The Hall–Kier alpha value is -0.150. The van der Waals surface area contributed by atoms with Crippen LogP contribution in [-0.4, -0.2) is 42.4 Å². The molecule has 1 heterocycles. The van der Waals surface area contributed by atoms with Gasteiger partial charge >= 0.3 is 0 Å². The zero-order valence-corrected chi connectivity index (χ0v) is 6.80. The standard InChI is InChI=1S/C8H16FNO/c9-4-1-5-10-6-2-8(11)3-7-10/h8,11H,1-7H2. The third-order valence-electron chi connectivity index (χ3n) is 2.17. The molecular weight excluding hydrogens is 145 g/mol. The number of aliphatic hydroxyl groups excluding tert-OH is 1. The van der Waals surface area contributed by atoms with Gasteiger partial charge in [0.15, 0.2) is 0 Å². The van der Waals surface area contributed by atoms with Gasteiger partial charge in [0.25, 0.3) is 0 Å². The molecule has 0 amide bonds. The van der Waals surface area contributed by atoms with Crippen LogP contribution in [0.15, 0.2) is 0 Å². The van der Waals surface area contributed by atoms with Crippen molar-refractivity contribution in [3.63, 3.8) is 0 Å². The van der Waals surface area contributed by atoms with Gasteiger partial charge < -0.3 is 10.0 Å². The lowest BCUT2D eigenvalue weighted by Gasteiger charge is -2.28. The van der Waals surface area contributed by atoms with Crippen LogP contribution in [0.4, 0.5) is 4.39 Å². The Bertz CT molecular complexity index is 99.5. The van der Waals surface area contributed by atoms with Gasteiger partial charge in [-0.3, -0.25) is 4.39 Å². The van der Waals surface area contributed by atoms with Crippen molar-refractivity contribution in [1.29, 1.82) is 0 Å². The van der Waals surface area contributed by atoms with E-state index in [0.29, 0.717) is 6.42 Å². The summed E-state index contributed by atoms with van der Waals surface area (Å²) in [5, 5.41) is 9.15. The van der Waals surface area contributed by atoms with Crippen molar-refractivity contribution in [1.82, 2.24) is 4.90 Å². The number of hydrogen-bond acceptors (Lipinski definition) is 2. The van der Waals surface area contributed by atoms with Crippen LogP contribution in [0.5, 0.6) is 0 Å². The van der Waals surface area contributed by atoms with Crippen molar-refractivity contribution < 1.29 is 9.50 Å². The predicted molar refractivity (Wildman–Crippen MR) is 42.3 cm³/mol. The molecule has 1 fully saturated rings. The van der Waals surface area contributed by atoms with Gasteiger partial charge in [-0.25, -0.2) is 0 Å². The topological polar surface area (TPSA) is 23.5 Å². The van der Waals surface area contributed by atoms with Crippen LogP contribution < -0.4 is 0 Å². The number of halogens is 1. The molecule has 0 saturated carbocycles. The first-order valence-electron chi connectivity index (χ1n) is 4.29. The Morgan fingerprint density at radius 1 is 1.36 bits per heavy atom. The SMILES string of the molecule is OC1CCN(CCCF)CC1. The number of nitrogens with zero attached hydrogens (tertiary/aromatic N) is 1. The van der Waals surface area contributed by atoms with E-state index < -0.39 is 0 Å². The minimum Gasteiger partial charge on any atom is -0.393 e. The number of piperidine rings is 1. The fourth-order valence-corrected chi connectivity index (χ4v) is 1.43. The Morgan fingerprint density at radius 2 is 2.00 bits per heavy atom. The quantitative estimate of drug-likeness (QED) is 0.662. The normalized spacial score (nSPS) is 22.4. The van der Waals surface area contributed by atoms with E-state index in [1.54, 1.807) is 0 Å². The van der Waals surface area contributed by atoms with Crippen molar-refractivity contribution in [2.24, 2.45) is 0 Å². The fraction of sp³-hybridized carbons (Fsp3) is 1.00. The molecule has 1 saturated heterocycles. The first kappa shape index (κ1) is 8.94. The largest absolute Gasteiger partial charge is 0.393 e. The molecule has 1 rings (SSSR count). The van der Waals surface area contributed by atoms with Gasteiger partial charge in [-0.15, -0.1) is 0 Å². The molecule has 0 aliphatic carbocycles. The van der Waals surface area contributed by atoms with Crippen molar-refractivity contribution in [3.05, 3.63) is 0 Å². The van der Waals surface area contributed by atoms with Crippen LogP contribution in [0, 0.1) is 0 Å². The van der Waals surface area contributed by atoms with E-state index in [1.165, 1.54) is 0 Å². The van der Waals surface area contributed by atoms with E-state index in [0.717, 1.165) is 32.5 Å². The minimum absolute atomic E-state index is 0.114. The van der Waals surface area contributed by atoms with Crippen LogP contribution in [0.2, 0.25) is 0 Å². The molecule has 0 aromatic carbocycles. The summed E-state index contributed by atoms with van der Waals surface area (Å²) >= 11 is 0. The summed E-state index contributed by atoms with van der Waals surface area (Å²) in [6.07, 6.45) is 2.23. The number of aliphatic hydroxyl groups is 1. The number of likely N-dealkylation sites (tertiary alicyclic amines) is 1. The molecule has 1 aliphatic heterocycles. The zero-order valence-electron chi connectivity index (χ0n) is 6.80. The molecule has 0 aromatic rings. The fourth-order valence-electron chi connectivity index (χ4n) is 1.43. The van der Waals surface area contributed by atoms with Crippen LogP contribution >= 0.6 is 0 Å². The summed E-state index contributed by atoms with van der Waals surface area (Å²) in [6.45, 7) is 2.49. The lowest BCUT2D eigenvalue weighted by molar-refractivity contribution is 0.0812. The minimum atomic E-state index is -0.223. The van der Waals surface area contributed by atoms with Gasteiger partial charge in [-0.1, -0.05) is 0 Å². The van der Waals surface area contributed by atoms with Gasteiger partial charge in [0, 0.05) is 19.6 Å². The summed E-state index contributed by atoms with van der Waals surface area (Å²) in [5.74, 6) is 0. The van der Waals surface area contributed by atoms with Crippen LogP contribution in [0.3, 0.4) is 0 Å². The highest BCUT2D eigenvalue weighted by molar-refractivity contribution is 4.70. The molecule has 0 atom stereocenters. The number of hydrogen-bond donors (Lipinski definition) is 1. The van der Waals surface area contributed by atoms with E-state index in [9.17, 15) is 4.39 Å². The molecule has 1 aliphatic rings. The Labute approximate surface area is 67.0 Å². The molecule has 0 aromatic heterocycles. The lowest BCUT2D eigenvalue weighted by Crippen LogP contribution is -2.36. The Balaban J connectivity index is 2.07. The highest BCUT2D eigenvalue weighted by Crippen LogP contribution is 2.09. The third-order valence-corrected chi connectivity index (χ3v) is 2.17. The summed E-state index contributed by atoms with van der Waals surface area (Å²) in [4.78, 5) is 2.21. The molecule has 66 valence electrons. The lowest BCUT2D eigenvalue weighted by atomic mass is 10.1. The van der Waals surface area contributed by atoms with Crippen LogP contribution in [-0.2, 0) is 0 Å². The van der Waals surface area contributed by atoms with E-state index in [4.69, 9.17) is 5.11 Å². The first-order chi connectivity index (χ1) is 5.33. The molecular formula is C8H16FNO. The zero-order chi connectivity index (χ0) is 8.10. The summed E-state index contributed by atoms with van der Waals surface area (Å²) in [6, 6.07) is 0. The molecule has 3 heteroatoms. The molecule has 0 spiro atoms. The van der Waals surface area contributed by atoms with Crippen molar-refractivity contribution in [2.75, 3.05) is 26.3 Å². The predicted octanol–water partition coefficient (Wildman–Crippen LogP) is 0.803. The first-order valence-corrected chi connectivity index (χ1v) is 4.29. The van der Waals surface area contributed by atoms with Gasteiger partial charge in [0.2, 0.25) is 0 Å². The van der Waals surface area contributed by atoms with Crippen molar-refractivity contribution >= 4 is 0 Å². The maximum absolute atomic E-state index is 11.7. The summed E-state index contributed by atoms with van der Waals surface area (Å²) < 4.78 is 11.7. The van der Waals surface area contributed by atoms with E-state index in [1.807, 2.05) is 0 Å². The second-order valence-corrected chi connectivity index (χ2v) is 3.12.